The average Bonchev–Trinajstić information content (AvgIpc) is 2.66. The lowest BCUT2D eigenvalue weighted by Crippen LogP contribution is -2.44. The van der Waals surface area contributed by atoms with E-state index in [0.717, 1.165) is 31.6 Å². The fourth-order valence-corrected chi connectivity index (χ4v) is 3.13. The van der Waals surface area contributed by atoms with Crippen molar-refractivity contribution >= 4 is 11.8 Å². The van der Waals surface area contributed by atoms with Crippen molar-refractivity contribution < 1.29 is 9.90 Å². The maximum Gasteiger partial charge on any atom is 0.411 e. The minimum absolute atomic E-state index is 0.0419. The lowest BCUT2D eigenvalue weighted by Gasteiger charge is -2.34. The lowest BCUT2D eigenvalue weighted by atomic mass is 9.75. The second-order valence-corrected chi connectivity index (χ2v) is 4.92. The number of carbonyl (C=O) groups is 1. The smallest absolute Gasteiger partial charge is 0.411 e. The monoisotopic (exact) mass is 232 g/mol. The highest BCUT2D eigenvalue weighted by Crippen LogP contribution is 2.45. The van der Waals surface area contributed by atoms with E-state index in [1.54, 1.807) is 0 Å². The number of hydrogen-bond donors (Lipinski definition) is 2. The number of para-hydroxylation sites is 1. The minimum Gasteiger partial charge on any atom is -0.465 e. The van der Waals surface area contributed by atoms with Gasteiger partial charge in [-0.25, -0.2) is 4.79 Å². The van der Waals surface area contributed by atoms with Gasteiger partial charge in [-0.2, -0.15) is 0 Å². The summed E-state index contributed by atoms with van der Waals surface area (Å²) in [5.41, 5.74) is 2.13. The van der Waals surface area contributed by atoms with Crippen molar-refractivity contribution in [2.24, 2.45) is 0 Å². The SMILES string of the molecule is O=C(O)N1CC2(CCNCC2)c2ccccc21. The molecule has 1 amide bonds. The fraction of sp³-hybridized carbons (Fsp3) is 0.462. The summed E-state index contributed by atoms with van der Waals surface area (Å²) in [7, 11) is 0. The highest BCUT2D eigenvalue weighted by atomic mass is 16.4. The summed E-state index contributed by atoms with van der Waals surface area (Å²) in [6.07, 6.45) is 1.20. The van der Waals surface area contributed by atoms with Crippen LogP contribution in [0, 0.1) is 0 Å². The Hall–Kier alpha value is -1.55. The van der Waals surface area contributed by atoms with Gasteiger partial charge in [-0.1, -0.05) is 18.2 Å². The Balaban J connectivity index is 2.07. The molecular formula is C13H16N2O2. The van der Waals surface area contributed by atoms with Crippen molar-refractivity contribution in [2.75, 3.05) is 24.5 Å². The molecule has 0 aromatic heterocycles. The zero-order chi connectivity index (χ0) is 11.9. The largest absolute Gasteiger partial charge is 0.465 e. The third-order valence-electron chi connectivity index (χ3n) is 4.02. The standard InChI is InChI=1S/C13H16N2O2/c16-12(17)15-9-13(5-7-14-8-6-13)10-3-1-2-4-11(10)15/h1-4,14H,5-9H2,(H,16,17). The number of benzene rings is 1. The van der Waals surface area contributed by atoms with Gasteiger partial charge in [0, 0.05) is 12.0 Å². The number of carboxylic acid groups (broad SMARTS) is 1. The molecule has 0 saturated carbocycles. The van der Waals surface area contributed by atoms with Crippen molar-refractivity contribution in [3.63, 3.8) is 0 Å². The van der Waals surface area contributed by atoms with E-state index in [4.69, 9.17) is 0 Å². The maximum atomic E-state index is 11.3. The zero-order valence-corrected chi connectivity index (χ0v) is 9.65. The third-order valence-corrected chi connectivity index (χ3v) is 4.02. The molecule has 1 saturated heterocycles. The van der Waals surface area contributed by atoms with Crippen LogP contribution < -0.4 is 10.2 Å². The summed E-state index contributed by atoms with van der Waals surface area (Å²) in [6, 6.07) is 7.92. The summed E-state index contributed by atoms with van der Waals surface area (Å²) < 4.78 is 0. The number of rotatable bonds is 0. The number of nitrogens with zero attached hydrogens (tertiary/aromatic N) is 1. The van der Waals surface area contributed by atoms with E-state index in [1.807, 2.05) is 18.2 Å². The van der Waals surface area contributed by atoms with Crippen LogP contribution in [0.4, 0.5) is 10.5 Å². The first-order chi connectivity index (χ1) is 8.23. The highest BCUT2D eigenvalue weighted by molar-refractivity contribution is 5.90. The predicted molar refractivity (Wildman–Crippen MR) is 65.6 cm³/mol. The topological polar surface area (TPSA) is 52.6 Å². The molecule has 1 aromatic carbocycles. The number of nitrogens with one attached hydrogen (secondary N) is 1. The minimum atomic E-state index is -0.840. The zero-order valence-electron chi connectivity index (χ0n) is 9.65. The molecule has 4 heteroatoms. The van der Waals surface area contributed by atoms with Crippen molar-refractivity contribution in [1.82, 2.24) is 5.32 Å². The Labute approximate surface area is 100 Å². The van der Waals surface area contributed by atoms with E-state index in [0.29, 0.717) is 6.54 Å². The van der Waals surface area contributed by atoms with Crippen LogP contribution in [0.15, 0.2) is 24.3 Å². The predicted octanol–water partition coefficient (Wildman–Crippen LogP) is 1.81. The van der Waals surface area contributed by atoms with Crippen LogP contribution in [0.25, 0.3) is 0 Å². The van der Waals surface area contributed by atoms with Crippen molar-refractivity contribution in [3.8, 4) is 0 Å². The van der Waals surface area contributed by atoms with Gasteiger partial charge in [0.15, 0.2) is 0 Å². The van der Waals surface area contributed by atoms with Gasteiger partial charge >= 0.3 is 6.09 Å². The van der Waals surface area contributed by atoms with Gasteiger partial charge in [0.05, 0.1) is 5.69 Å². The van der Waals surface area contributed by atoms with Crippen molar-refractivity contribution in [3.05, 3.63) is 29.8 Å². The number of anilines is 1. The molecule has 3 rings (SSSR count). The molecule has 2 aliphatic rings. The van der Waals surface area contributed by atoms with Gasteiger partial charge in [-0.05, 0) is 37.6 Å². The second kappa shape index (κ2) is 3.74. The molecule has 4 nitrogen and oxygen atoms in total. The lowest BCUT2D eigenvalue weighted by molar-refractivity contribution is 0.199. The average molecular weight is 232 g/mol. The molecule has 17 heavy (non-hydrogen) atoms. The first-order valence-corrected chi connectivity index (χ1v) is 6.04. The molecule has 1 fully saturated rings. The van der Waals surface area contributed by atoms with Crippen LogP contribution >= 0.6 is 0 Å². The number of amides is 1. The van der Waals surface area contributed by atoms with E-state index >= 15 is 0 Å². The Bertz CT molecular complexity index is 452. The summed E-state index contributed by atoms with van der Waals surface area (Å²) >= 11 is 0. The molecule has 90 valence electrons. The van der Waals surface area contributed by atoms with Crippen molar-refractivity contribution in [2.45, 2.75) is 18.3 Å². The Kier molecular flexibility index (Phi) is 2.33. The van der Waals surface area contributed by atoms with Gasteiger partial charge in [-0.15, -0.1) is 0 Å². The van der Waals surface area contributed by atoms with Gasteiger partial charge in [-0.3, -0.25) is 4.90 Å². The first-order valence-electron chi connectivity index (χ1n) is 6.04. The molecule has 1 aromatic rings. The van der Waals surface area contributed by atoms with Crippen molar-refractivity contribution in [1.29, 1.82) is 0 Å². The van der Waals surface area contributed by atoms with E-state index in [1.165, 1.54) is 10.5 Å². The Morgan fingerprint density at radius 2 is 2.00 bits per heavy atom. The van der Waals surface area contributed by atoms with Crippen LogP contribution in [0.1, 0.15) is 18.4 Å². The maximum absolute atomic E-state index is 11.3. The highest BCUT2D eigenvalue weighted by Gasteiger charge is 2.44. The van der Waals surface area contributed by atoms with E-state index in [-0.39, 0.29) is 5.41 Å². The molecule has 2 heterocycles. The molecule has 0 unspecified atom stereocenters. The molecule has 0 aliphatic carbocycles. The van der Waals surface area contributed by atoms with E-state index < -0.39 is 6.09 Å². The fourth-order valence-electron chi connectivity index (χ4n) is 3.13. The Morgan fingerprint density at radius 3 is 2.71 bits per heavy atom. The van der Waals surface area contributed by atoms with Gasteiger partial charge in [0.2, 0.25) is 0 Å². The van der Waals surface area contributed by atoms with Crippen LogP contribution in [-0.4, -0.2) is 30.8 Å². The summed E-state index contributed by atoms with van der Waals surface area (Å²) in [4.78, 5) is 12.8. The Morgan fingerprint density at radius 1 is 1.29 bits per heavy atom. The number of hydrogen-bond acceptors (Lipinski definition) is 2. The van der Waals surface area contributed by atoms with Gasteiger partial charge in [0.1, 0.15) is 0 Å². The molecule has 0 radical (unpaired) electrons. The van der Waals surface area contributed by atoms with Crippen LogP contribution in [0.3, 0.4) is 0 Å². The van der Waals surface area contributed by atoms with E-state index in [2.05, 4.69) is 11.4 Å². The molecule has 2 N–H and O–H groups in total. The van der Waals surface area contributed by atoms with Crippen LogP contribution in [0.2, 0.25) is 0 Å². The molecule has 0 bridgehead atoms. The molecule has 2 aliphatic heterocycles. The van der Waals surface area contributed by atoms with Gasteiger partial charge < -0.3 is 10.4 Å². The third kappa shape index (κ3) is 1.52. The first kappa shape index (κ1) is 10.6. The quantitative estimate of drug-likeness (QED) is 0.717. The molecule has 0 atom stereocenters. The van der Waals surface area contributed by atoms with Crippen LogP contribution in [0.5, 0.6) is 0 Å². The summed E-state index contributed by atoms with van der Waals surface area (Å²) in [5, 5.41) is 12.6. The normalized spacial score (nSPS) is 21.5. The molecule has 1 spiro atoms. The summed E-state index contributed by atoms with van der Waals surface area (Å²) in [5.74, 6) is 0. The van der Waals surface area contributed by atoms with Crippen LogP contribution in [-0.2, 0) is 5.41 Å². The second-order valence-electron chi connectivity index (χ2n) is 4.92. The van der Waals surface area contributed by atoms with Gasteiger partial charge in [0.25, 0.3) is 0 Å². The summed E-state index contributed by atoms with van der Waals surface area (Å²) in [6.45, 7) is 2.56. The molecular weight excluding hydrogens is 216 g/mol. The van der Waals surface area contributed by atoms with E-state index in [9.17, 15) is 9.90 Å². The number of piperidine rings is 1. The number of fused-ring (bicyclic) bond motifs is 2.